The molecule has 5 nitrogen and oxygen atoms in total. The number of nitro benzene ring substituents is 1. The summed E-state index contributed by atoms with van der Waals surface area (Å²) in [6, 6.07) is 5.79. The van der Waals surface area contributed by atoms with Gasteiger partial charge in [0.25, 0.3) is 5.69 Å². The van der Waals surface area contributed by atoms with Crippen LogP contribution < -0.4 is 0 Å². The van der Waals surface area contributed by atoms with Crippen molar-refractivity contribution in [3.8, 4) is 0 Å². The van der Waals surface area contributed by atoms with Crippen molar-refractivity contribution in [3.05, 3.63) is 39.9 Å². The van der Waals surface area contributed by atoms with Gasteiger partial charge >= 0.3 is 0 Å². The number of carbonyl (C=O) groups excluding carboxylic acids is 2. The number of nitrogens with zero attached hydrogens (tertiary/aromatic N) is 1. The lowest BCUT2D eigenvalue weighted by atomic mass is 9.91. The van der Waals surface area contributed by atoms with Gasteiger partial charge in [0.1, 0.15) is 17.5 Å². The third-order valence-corrected chi connectivity index (χ3v) is 2.26. The highest BCUT2D eigenvalue weighted by atomic mass is 16.6. The maximum absolute atomic E-state index is 11.3. The molecule has 0 fully saturated rings. The largest absolute Gasteiger partial charge is 0.299 e. The molecule has 0 unspecified atom stereocenters. The summed E-state index contributed by atoms with van der Waals surface area (Å²) in [6.07, 6.45) is 0. The number of ketones is 2. The van der Waals surface area contributed by atoms with E-state index in [9.17, 15) is 19.7 Å². The number of para-hydroxylation sites is 1. The van der Waals surface area contributed by atoms with Gasteiger partial charge in [-0.2, -0.15) is 0 Å². The van der Waals surface area contributed by atoms with Gasteiger partial charge in [0.15, 0.2) is 0 Å². The number of carbonyl (C=O) groups is 2. The fraction of sp³-hybridized carbons (Fsp3) is 0.273. The van der Waals surface area contributed by atoms with E-state index in [4.69, 9.17) is 0 Å². The van der Waals surface area contributed by atoms with Crippen LogP contribution in [0.15, 0.2) is 24.3 Å². The lowest BCUT2D eigenvalue weighted by molar-refractivity contribution is -0.385. The zero-order chi connectivity index (χ0) is 12.3. The molecule has 0 bridgehead atoms. The van der Waals surface area contributed by atoms with Crippen molar-refractivity contribution < 1.29 is 14.5 Å². The number of benzene rings is 1. The van der Waals surface area contributed by atoms with E-state index in [1.807, 2.05) is 0 Å². The summed E-state index contributed by atoms with van der Waals surface area (Å²) in [5.41, 5.74) is -0.0367. The van der Waals surface area contributed by atoms with Crippen LogP contribution in [0.4, 0.5) is 5.69 Å². The van der Waals surface area contributed by atoms with Crippen LogP contribution in [0.25, 0.3) is 0 Å². The summed E-state index contributed by atoms with van der Waals surface area (Å²) in [7, 11) is 0. The molecule has 5 heteroatoms. The fourth-order valence-electron chi connectivity index (χ4n) is 1.62. The van der Waals surface area contributed by atoms with Gasteiger partial charge in [-0.15, -0.1) is 0 Å². The molecule has 0 N–H and O–H groups in total. The molecule has 0 amide bonds. The Morgan fingerprint density at radius 1 is 1.19 bits per heavy atom. The molecule has 0 atom stereocenters. The van der Waals surface area contributed by atoms with E-state index in [-0.39, 0.29) is 22.8 Å². The maximum Gasteiger partial charge on any atom is 0.273 e. The minimum Gasteiger partial charge on any atom is -0.299 e. The van der Waals surface area contributed by atoms with Crippen molar-refractivity contribution in [2.75, 3.05) is 0 Å². The summed E-state index contributed by atoms with van der Waals surface area (Å²) in [5, 5.41) is 10.8. The Balaban J connectivity index is 3.35. The molecule has 0 radical (unpaired) electrons. The molecule has 84 valence electrons. The highest BCUT2D eigenvalue weighted by molar-refractivity contribution is 6.06. The number of nitro groups is 1. The van der Waals surface area contributed by atoms with Crippen LogP contribution in [0, 0.1) is 10.1 Å². The van der Waals surface area contributed by atoms with E-state index in [0.29, 0.717) is 0 Å². The molecule has 0 aromatic heterocycles. The number of Topliss-reactive ketones (excluding diaryl/α,β-unsaturated/α-hetero) is 2. The van der Waals surface area contributed by atoms with Gasteiger partial charge in [-0.1, -0.05) is 18.2 Å². The second-order valence-corrected chi connectivity index (χ2v) is 3.47. The minimum absolute atomic E-state index is 0.160. The molecule has 0 aliphatic rings. The Kier molecular flexibility index (Phi) is 3.50. The average molecular weight is 221 g/mol. The Morgan fingerprint density at radius 3 is 2.12 bits per heavy atom. The zero-order valence-corrected chi connectivity index (χ0v) is 8.97. The molecule has 16 heavy (non-hydrogen) atoms. The Bertz CT molecular complexity index is 439. The molecular formula is C11H11NO4. The van der Waals surface area contributed by atoms with Gasteiger partial charge < -0.3 is 0 Å². The highest BCUT2D eigenvalue weighted by Crippen LogP contribution is 2.27. The Labute approximate surface area is 92.2 Å². The number of rotatable bonds is 4. The first-order valence-corrected chi connectivity index (χ1v) is 4.69. The van der Waals surface area contributed by atoms with E-state index in [1.165, 1.54) is 32.0 Å². The van der Waals surface area contributed by atoms with E-state index in [2.05, 4.69) is 0 Å². The predicted molar refractivity (Wildman–Crippen MR) is 57.2 cm³/mol. The summed E-state index contributed by atoms with van der Waals surface area (Å²) in [5.74, 6) is -1.81. The van der Waals surface area contributed by atoms with Crippen LogP contribution in [0.1, 0.15) is 25.3 Å². The van der Waals surface area contributed by atoms with Gasteiger partial charge in [0.2, 0.25) is 0 Å². The second kappa shape index (κ2) is 4.65. The average Bonchev–Trinajstić information content (AvgIpc) is 2.17. The Morgan fingerprint density at radius 2 is 1.69 bits per heavy atom. The molecule has 1 aromatic rings. The summed E-state index contributed by atoms with van der Waals surface area (Å²) < 4.78 is 0. The first-order chi connectivity index (χ1) is 7.45. The van der Waals surface area contributed by atoms with Gasteiger partial charge in [-0.3, -0.25) is 19.7 Å². The molecule has 0 aliphatic carbocycles. The normalized spacial score (nSPS) is 10.2. The fourth-order valence-corrected chi connectivity index (χ4v) is 1.62. The minimum atomic E-state index is -1.04. The molecule has 1 aromatic carbocycles. The molecule has 0 saturated carbocycles. The Hall–Kier alpha value is -2.04. The number of hydrogen-bond donors (Lipinski definition) is 0. The quantitative estimate of drug-likeness (QED) is 0.441. The van der Waals surface area contributed by atoms with Crippen LogP contribution in [0.5, 0.6) is 0 Å². The van der Waals surface area contributed by atoms with E-state index in [0.717, 1.165) is 0 Å². The molecule has 0 spiro atoms. The molecule has 0 heterocycles. The topological polar surface area (TPSA) is 77.3 Å². The standard InChI is InChI=1S/C11H11NO4/c1-7(13)11(8(2)14)9-5-3-4-6-10(9)12(15)16/h3-6,11H,1-2H3. The third kappa shape index (κ3) is 2.31. The van der Waals surface area contributed by atoms with E-state index in [1.54, 1.807) is 6.07 Å². The lowest BCUT2D eigenvalue weighted by Gasteiger charge is -2.10. The van der Waals surface area contributed by atoms with Crippen LogP contribution in [-0.2, 0) is 9.59 Å². The zero-order valence-electron chi connectivity index (χ0n) is 8.97. The van der Waals surface area contributed by atoms with Crippen LogP contribution >= 0.6 is 0 Å². The lowest BCUT2D eigenvalue weighted by Crippen LogP contribution is -2.18. The molecular weight excluding hydrogens is 210 g/mol. The SMILES string of the molecule is CC(=O)C(C(C)=O)c1ccccc1[N+](=O)[O-]. The van der Waals surface area contributed by atoms with Crippen molar-refractivity contribution in [1.82, 2.24) is 0 Å². The van der Waals surface area contributed by atoms with Crippen LogP contribution in [0.3, 0.4) is 0 Å². The smallest absolute Gasteiger partial charge is 0.273 e. The summed E-state index contributed by atoms with van der Waals surface area (Å²) in [6.45, 7) is 2.51. The van der Waals surface area contributed by atoms with Crippen molar-refractivity contribution in [2.45, 2.75) is 19.8 Å². The molecule has 0 saturated heterocycles. The second-order valence-electron chi connectivity index (χ2n) is 3.47. The maximum atomic E-state index is 11.3. The van der Waals surface area contributed by atoms with Gasteiger partial charge in [-0.25, -0.2) is 0 Å². The molecule has 1 rings (SSSR count). The van der Waals surface area contributed by atoms with Crippen molar-refractivity contribution in [3.63, 3.8) is 0 Å². The monoisotopic (exact) mass is 221 g/mol. The molecule has 0 aliphatic heterocycles. The first kappa shape index (κ1) is 12.0. The van der Waals surface area contributed by atoms with Crippen molar-refractivity contribution in [1.29, 1.82) is 0 Å². The third-order valence-electron chi connectivity index (χ3n) is 2.26. The van der Waals surface area contributed by atoms with Gasteiger partial charge in [0, 0.05) is 11.6 Å². The highest BCUT2D eigenvalue weighted by Gasteiger charge is 2.28. The van der Waals surface area contributed by atoms with Crippen molar-refractivity contribution >= 4 is 17.3 Å². The van der Waals surface area contributed by atoms with Gasteiger partial charge in [0.05, 0.1) is 4.92 Å². The number of hydrogen-bond acceptors (Lipinski definition) is 4. The van der Waals surface area contributed by atoms with Crippen LogP contribution in [-0.4, -0.2) is 16.5 Å². The predicted octanol–water partition coefficient (Wildman–Crippen LogP) is 1.86. The van der Waals surface area contributed by atoms with Crippen molar-refractivity contribution in [2.24, 2.45) is 0 Å². The van der Waals surface area contributed by atoms with Gasteiger partial charge in [-0.05, 0) is 13.8 Å². The van der Waals surface area contributed by atoms with Crippen LogP contribution in [0.2, 0.25) is 0 Å². The first-order valence-electron chi connectivity index (χ1n) is 4.69. The van der Waals surface area contributed by atoms with E-state index >= 15 is 0 Å². The van der Waals surface area contributed by atoms with E-state index < -0.39 is 10.8 Å². The summed E-state index contributed by atoms with van der Waals surface area (Å²) in [4.78, 5) is 32.8. The summed E-state index contributed by atoms with van der Waals surface area (Å²) >= 11 is 0.